The molecule has 0 aromatic heterocycles. The highest BCUT2D eigenvalue weighted by Gasteiger charge is 2.52. The molecule has 0 radical (unpaired) electrons. The first-order chi connectivity index (χ1) is 11.2. The highest BCUT2D eigenvalue weighted by Crippen LogP contribution is 2.61. The maximum Gasteiger partial charge on any atom is 0.302 e. The van der Waals surface area contributed by atoms with Crippen LogP contribution in [0, 0.1) is 28.6 Å². The topological polar surface area (TPSA) is 26.3 Å². The third-order valence-electron chi connectivity index (χ3n) is 7.69. The molecule has 5 atom stereocenters. The predicted molar refractivity (Wildman–Crippen MR) is 101 cm³/mol. The molecule has 2 nitrogen and oxygen atoms in total. The number of hydrogen-bond donors (Lipinski definition) is 0. The van der Waals surface area contributed by atoms with Gasteiger partial charge in [0.25, 0.3) is 0 Å². The predicted octanol–water partition coefficient (Wildman–Crippen LogP) is 6.15. The monoisotopic (exact) mass is 334 g/mol. The fraction of sp³-hybridized carbons (Fsp3) is 0.864. The Morgan fingerprint density at radius 2 is 2.04 bits per heavy atom. The van der Waals surface area contributed by atoms with Crippen molar-refractivity contribution in [2.24, 2.45) is 28.6 Å². The number of carbonyl (C=O) groups is 1. The SMILES string of the molecule is CC(=O)OCCC(C)CC[C@@]1(C)[C@H](C)CC[C@@]2(C)C(C)=CCC[C@H]12. The molecule has 1 unspecified atom stereocenters. The molecule has 0 amide bonds. The van der Waals surface area contributed by atoms with E-state index in [4.69, 9.17) is 4.74 Å². The first-order valence-electron chi connectivity index (χ1n) is 10.0. The maximum absolute atomic E-state index is 10.9. The molecule has 138 valence electrons. The summed E-state index contributed by atoms with van der Waals surface area (Å²) in [4.78, 5) is 10.9. The lowest BCUT2D eigenvalue weighted by atomic mass is 9.47. The van der Waals surface area contributed by atoms with E-state index < -0.39 is 0 Å². The average molecular weight is 335 g/mol. The highest BCUT2D eigenvalue weighted by molar-refractivity contribution is 5.65. The van der Waals surface area contributed by atoms with E-state index in [9.17, 15) is 4.79 Å². The van der Waals surface area contributed by atoms with Crippen LogP contribution in [0.25, 0.3) is 0 Å². The molecule has 1 saturated carbocycles. The molecule has 2 rings (SSSR count). The Labute approximate surface area is 149 Å². The summed E-state index contributed by atoms with van der Waals surface area (Å²) in [5, 5.41) is 0. The zero-order valence-corrected chi connectivity index (χ0v) is 16.8. The van der Waals surface area contributed by atoms with Crippen molar-refractivity contribution >= 4 is 5.97 Å². The summed E-state index contributed by atoms with van der Waals surface area (Å²) in [6.07, 6.45) is 11.4. The third-order valence-corrected chi connectivity index (χ3v) is 7.69. The zero-order chi connectivity index (χ0) is 18.0. The minimum atomic E-state index is -0.157. The zero-order valence-electron chi connectivity index (χ0n) is 16.8. The minimum Gasteiger partial charge on any atom is -0.466 e. The van der Waals surface area contributed by atoms with Gasteiger partial charge in [-0.05, 0) is 74.0 Å². The summed E-state index contributed by atoms with van der Waals surface area (Å²) in [6.45, 7) is 14.3. The van der Waals surface area contributed by atoms with Crippen molar-refractivity contribution in [3.63, 3.8) is 0 Å². The first kappa shape index (κ1) is 19.5. The normalized spacial score (nSPS) is 37.3. The van der Waals surface area contributed by atoms with Gasteiger partial charge >= 0.3 is 5.97 Å². The molecular weight excluding hydrogens is 296 g/mol. The Balaban J connectivity index is 2.01. The minimum absolute atomic E-state index is 0.157. The molecule has 0 heterocycles. The van der Waals surface area contributed by atoms with Crippen molar-refractivity contribution in [1.29, 1.82) is 0 Å². The van der Waals surface area contributed by atoms with Crippen LogP contribution in [0.1, 0.15) is 86.5 Å². The molecule has 1 fully saturated rings. The van der Waals surface area contributed by atoms with Crippen molar-refractivity contribution < 1.29 is 9.53 Å². The van der Waals surface area contributed by atoms with Crippen molar-refractivity contribution in [3.05, 3.63) is 11.6 Å². The lowest BCUT2D eigenvalue weighted by Gasteiger charge is -2.58. The third kappa shape index (κ3) is 3.89. The summed E-state index contributed by atoms with van der Waals surface area (Å²) >= 11 is 0. The second kappa shape index (κ2) is 7.62. The van der Waals surface area contributed by atoms with Crippen LogP contribution in [-0.4, -0.2) is 12.6 Å². The molecule has 2 aliphatic rings. The summed E-state index contributed by atoms with van der Waals surface area (Å²) in [5.74, 6) is 2.10. The number of carbonyl (C=O) groups excluding carboxylic acids is 1. The molecule has 0 aromatic rings. The van der Waals surface area contributed by atoms with Gasteiger partial charge in [-0.3, -0.25) is 4.79 Å². The van der Waals surface area contributed by atoms with Crippen molar-refractivity contribution in [3.8, 4) is 0 Å². The van der Waals surface area contributed by atoms with Crippen LogP contribution in [0.15, 0.2) is 11.6 Å². The lowest BCUT2D eigenvalue weighted by molar-refractivity contribution is -0.141. The van der Waals surface area contributed by atoms with Gasteiger partial charge in [0.05, 0.1) is 6.61 Å². The van der Waals surface area contributed by atoms with Crippen molar-refractivity contribution in [1.82, 2.24) is 0 Å². The van der Waals surface area contributed by atoms with E-state index >= 15 is 0 Å². The van der Waals surface area contributed by atoms with E-state index in [1.165, 1.54) is 45.4 Å². The van der Waals surface area contributed by atoms with E-state index in [1.807, 2.05) is 0 Å². The lowest BCUT2D eigenvalue weighted by Crippen LogP contribution is -2.49. The number of rotatable bonds is 6. The fourth-order valence-electron chi connectivity index (χ4n) is 5.44. The second-order valence-electron chi connectivity index (χ2n) is 9.15. The first-order valence-corrected chi connectivity index (χ1v) is 10.0. The Morgan fingerprint density at radius 3 is 2.71 bits per heavy atom. The average Bonchev–Trinajstić information content (AvgIpc) is 2.51. The smallest absolute Gasteiger partial charge is 0.302 e. The van der Waals surface area contributed by atoms with E-state index in [-0.39, 0.29) is 5.97 Å². The van der Waals surface area contributed by atoms with Crippen LogP contribution in [0.2, 0.25) is 0 Å². The van der Waals surface area contributed by atoms with Gasteiger partial charge < -0.3 is 4.74 Å². The molecular formula is C22H38O2. The van der Waals surface area contributed by atoms with Gasteiger partial charge in [0.2, 0.25) is 0 Å². The Hall–Kier alpha value is -0.790. The van der Waals surface area contributed by atoms with Gasteiger partial charge in [0.1, 0.15) is 0 Å². The van der Waals surface area contributed by atoms with Crippen molar-refractivity contribution in [2.75, 3.05) is 6.61 Å². The highest BCUT2D eigenvalue weighted by atomic mass is 16.5. The standard InChI is InChI=1S/C22H38O2/c1-16(12-15-24-19(4)23)10-13-21(5)18(3)11-14-22(6)17(2)8-7-9-20(21)22/h8,16,18,20H,7,9-15H2,1-6H3/t16?,18-,20-,21+,22+/m1/s1. The van der Waals surface area contributed by atoms with E-state index in [2.05, 4.69) is 40.7 Å². The molecule has 0 bridgehead atoms. The Morgan fingerprint density at radius 1 is 1.33 bits per heavy atom. The molecule has 2 aliphatic carbocycles. The van der Waals surface area contributed by atoms with Crippen LogP contribution in [0.5, 0.6) is 0 Å². The van der Waals surface area contributed by atoms with Crippen LogP contribution in [-0.2, 0) is 9.53 Å². The van der Waals surface area contributed by atoms with Crippen LogP contribution in [0.3, 0.4) is 0 Å². The van der Waals surface area contributed by atoms with Gasteiger partial charge in [-0.15, -0.1) is 0 Å². The van der Waals surface area contributed by atoms with E-state index in [0.29, 0.717) is 23.4 Å². The molecule has 0 aliphatic heterocycles. The molecule has 0 aromatic carbocycles. The van der Waals surface area contributed by atoms with Crippen LogP contribution < -0.4 is 0 Å². The number of allylic oxidation sites excluding steroid dienone is 2. The fourth-order valence-corrected chi connectivity index (χ4v) is 5.44. The van der Waals surface area contributed by atoms with Gasteiger partial charge in [0, 0.05) is 6.92 Å². The van der Waals surface area contributed by atoms with Crippen LogP contribution >= 0.6 is 0 Å². The van der Waals surface area contributed by atoms with Crippen LogP contribution in [0.4, 0.5) is 0 Å². The summed E-state index contributed by atoms with van der Waals surface area (Å²) in [6, 6.07) is 0. The molecule has 2 heteroatoms. The quantitative estimate of drug-likeness (QED) is 0.430. The molecule has 0 spiro atoms. The molecule has 0 saturated heterocycles. The summed E-state index contributed by atoms with van der Waals surface area (Å²) < 4.78 is 5.12. The summed E-state index contributed by atoms with van der Waals surface area (Å²) in [5.41, 5.74) is 2.50. The molecule has 24 heavy (non-hydrogen) atoms. The Kier molecular flexibility index (Phi) is 6.20. The van der Waals surface area contributed by atoms with E-state index in [0.717, 1.165) is 18.3 Å². The van der Waals surface area contributed by atoms with Gasteiger partial charge in [0.15, 0.2) is 0 Å². The van der Waals surface area contributed by atoms with Gasteiger partial charge in [-0.1, -0.05) is 45.8 Å². The summed E-state index contributed by atoms with van der Waals surface area (Å²) in [7, 11) is 0. The number of esters is 1. The molecule has 0 N–H and O–H groups in total. The van der Waals surface area contributed by atoms with Gasteiger partial charge in [-0.2, -0.15) is 0 Å². The Bertz CT molecular complexity index is 480. The number of fused-ring (bicyclic) bond motifs is 1. The maximum atomic E-state index is 10.9. The van der Waals surface area contributed by atoms with E-state index in [1.54, 1.807) is 5.57 Å². The number of ether oxygens (including phenoxy) is 1. The largest absolute Gasteiger partial charge is 0.466 e. The number of hydrogen-bond acceptors (Lipinski definition) is 2. The van der Waals surface area contributed by atoms with Crippen molar-refractivity contribution in [2.45, 2.75) is 86.5 Å². The van der Waals surface area contributed by atoms with Gasteiger partial charge in [-0.25, -0.2) is 0 Å². The second-order valence-corrected chi connectivity index (χ2v) is 9.15.